The summed E-state index contributed by atoms with van der Waals surface area (Å²) in [5.74, 6) is -0.290. The molecule has 0 atom stereocenters. The Hall–Kier alpha value is -2.30. The van der Waals surface area contributed by atoms with E-state index in [9.17, 15) is 4.79 Å². The lowest BCUT2D eigenvalue weighted by molar-refractivity contribution is 0.102. The van der Waals surface area contributed by atoms with Crippen molar-refractivity contribution in [3.8, 4) is 0 Å². The Labute approximate surface area is 106 Å². The van der Waals surface area contributed by atoms with Gasteiger partial charge in [0.05, 0.1) is 5.69 Å². The van der Waals surface area contributed by atoms with Crippen molar-refractivity contribution < 1.29 is 4.79 Å². The summed E-state index contributed by atoms with van der Waals surface area (Å²) in [5.41, 5.74) is 9.29. The number of carbonyl (C=O) groups excluding carboxylic acids is 1. The number of hydrogen-bond acceptors (Lipinski definition) is 3. The summed E-state index contributed by atoms with van der Waals surface area (Å²) in [6.07, 6.45) is 1.61. The predicted molar refractivity (Wildman–Crippen MR) is 71.5 cm³/mol. The highest BCUT2D eigenvalue weighted by molar-refractivity contribution is 6.06. The van der Waals surface area contributed by atoms with E-state index in [4.69, 9.17) is 5.73 Å². The van der Waals surface area contributed by atoms with E-state index in [-0.39, 0.29) is 11.6 Å². The number of anilines is 2. The average Bonchev–Trinajstić information content (AvgIpc) is 2.64. The van der Waals surface area contributed by atoms with Gasteiger partial charge in [0.25, 0.3) is 5.91 Å². The van der Waals surface area contributed by atoms with Gasteiger partial charge in [-0.15, -0.1) is 0 Å². The first-order valence-corrected chi connectivity index (χ1v) is 5.65. The van der Waals surface area contributed by atoms with Crippen molar-refractivity contribution in [2.75, 3.05) is 11.1 Å². The Bertz CT molecular complexity index is 601. The molecule has 1 amide bonds. The van der Waals surface area contributed by atoms with Crippen molar-refractivity contribution in [2.24, 2.45) is 7.05 Å². The molecular formula is C13H16N4O. The Morgan fingerprint density at radius 1 is 1.39 bits per heavy atom. The van der Waals surface area contributed by atoms with E-state index >= 15 is 0 Å². The lowest BCUT2D eigenvalue weighted by atomic mass is 10.1. The average molecular weight is 244 g/mol. The van der Waals surface area contributed by atoms with Crippen molar-refractivity contribution >= 4 is 17.3 Å². The first-order valence-electron chi connectivity index (χ1n) is 5.65. The fourth-order valence-corrected chi connectivity index (χ4v) is 1.75. The maximum Gasteiger partial charge on any atom is 0.278 e. The van der Waals surface area contributed by atoms with Gasteiger partial charge in [0.2, 0.25) is 0 Å². The Kier molecular flexibility index (Phi) is 3.06. The third-order valence-electron chi connectivity index (χ3n) is 2.92. The molecule has 3 N–H and O–H groups in total. The molecule has 0 saturated heterocycles. The van der Waals surface area contributed by atoms with E-state index in [1.165, 1.54) is 4.68 Å². The summed E-state index contributed by atoms with van der Waals surface area (Å²) in [6.45, 7) is 3.97. The van der Waals surface area contributed by atoms with Gasteiger partial charge in [-0.05, 0) is 31.0 Å². The van der Waals surface area contributed by atoms with Crippen LogP contribution in [0, 0.1) is 13.8 Å². The summed E-state index contributed by atoms with van der Waals surface area (Å²) in [7, 11) is 1.73. The van der Waals surface area contributed by atoms with Crippen LogP contribution in [0.1, 0.15) is 21.6 Å². The highest BCUT2D eigenvalue weighted by Crippen LogP contribution is 2.19. The Morgan fingerprint density at radius 3 is 2.72 bits per heavy atom. The molecule has 0 unspecified atom stereocenters. The summed E-state index contributed by atoms with van der Waals surface area (Å²) in [4.78, 5) is 12.0. The minimum atomic E-state index is -0.290. The fraction of sp³-hybridized carbons (Fsp3) is 0.231. The number of carbonyl (C=O) groups is 1. The molecule has 0 fully saturated rings. The van der Waals surface area contributed by atoms with Crippen LogP contribution in [-0.4, -0.2) is 15.7 Å². The van der Waals surface area contributed by atoms with Gasteiger partial charge in [-0.2, -0.15) is 5.10 Å². The number of nitrogens with one attached hydrogen (secondary N) is 1. The number of hydrogen-bond donors (Lipinski definition) is 2. The van der Waals surface area contributed by atoms with E-state index < -0.39 is 0 Å². The van der Waals surface area contributed by atoms with Crippen LogP contribution in [0.2, 0.25) is 0 Å². The highest BCUT2D eigenvalue weighted by atomic mass is 16.2. The molecule has 0 aliphatic rings. The lowest BCUT2D eigenvalue weighted by Crippen LogP contribution is -2.15. The predicted octanol–water partition coefficient (Wildman–Crippen LogP) is 1.87. The molecule has 0 spiro atoms. The van der Waals surface area contributed by atoms with E-state index in [2.05, 4.69) is 10.4 Å². The van der Waals surface area contributed by atoms with Crippen molar-refractivity contribution in [1.29, 1.82) is 0 Å². The van der Waals surface area contributed by atoms with Crippen LogP contribution in [-0.2, 0) is 7.05 Å². The number of amides is 1. The van der Waals surface area contributed by atoms with Gasteiger partial charge in [-0.1, -0.05) is 12.1 Å². The van der Waals surface area contributed by atoms with Crippen LogP contribution in [0.5, 0.6) is 0 Å². The third kappa shape index (κ3) is 2.20. The summed E-state index contributed by atoms with van der Waals surface area (Å²) >= 11 is 0. The Balaban J connectivity index is 2.27. The Morgan fingerprint density at radius 2 is 2.11 bits per heavy atom. The molecule has 5 heteroatoms. The van der Waals surface area contributed by atoms with Gasteiger partial charge < -0.3 is 11.1 Å². The van der Waals surface area contributed by atoms with Crippen LogP contribution in [0.25, 0.3) is 0 Å². The van der Waals surface area contributed by atoms with E-state index in [0.29, 0.717) is 5.69 Å². The molecule has 0 bridgehead atoms. The molecule has 18 heavy (non-hydrogen) atoms. The number of nitrogens with two attached hydrogens (primary N) is 1. The first kappa shape index (κ1) is 12.2. The van der Waals surface area contributed by atoms with Crippen molar-refractivity contribution in [2.45, 2.75) is 13.8 Å². The van der Waals surface area contributed by atoms with E-state index in [1.54, 1.807) is 13.2 Å². The molecule has 1 aromatic carbocycles. The molecule has 0 radical (unpaired) electrons. The lowest BCUT2D eigenvalue weighted by Gasteiger charge is -2.09. The van der Waals surface area contributed by atoms with E-state index in [0.717, 1.165) is 16.8 Å². The standard InChI is InChI=1S/C13H16N4O/c1-8-5-4-6-11(9(8)2)15-13(18)12-10(14)7-17(3)16-12/h4-7H,14H2,1-3H3,(H,15,18). The van der Waals surface area contributed by atoms with Gasteiger partial charge in [0.15, 0.2) is 5.69 Å². The zero-order chi connectivity index (χ0) is 13.3. The summed E-state index contributed by atoms with van der Waals surface area (Å²) in [6, 6.07) is 5.76. The van der Waals surface area contributed by atoms with Crippen LogP contribution < -0.4 is 11.1 Å². The van der Waals surface area contributed by atoms with Gasteiger partial charge in [0, 0.05) is 18.9 Å². The van der Waals surface area contributed by atoms with Crippen molar-refractivity contribution in [1.82, 2.24) is 9.78 Å². The van der Waals surface area contributed by atoms with Gasteiger partial charge >= 0.3 is 0 Å². The minimum absolute atomic E-state index is 0.249. The topological polar surface area (TPSA) is 72.9 Å². The van der Waals surface area contributed by atoms with Gasteiger partial charge in [-0.25, -0.2) is 0 Å². The number of aryl methyl sites for hydroxylation is 2. The molecule has 0 saturated carbocycles. The second-order valence-corrected chi connectivity index (χ2v) is 4.31. The minimum Gasteiger partial charge on any atom is -0.396 e. The third-order valence-corrected chi connectivity index (χ3v) is 2.92. The highest BCUT2D eigenvalue weighted by Gasteiger charge is 2.15. The van der Waals surface area contributed by atoms with E-state index in [1.807, 2.05) is 32.0 Å². The summed E-state index contributed by atoms with van der Waals surface area (Å²) < 4.78 is 1.52. The monoisotopic (exact) mass is 244 g/mol. The molecule has 0 aliphatic carbocycles. The molecule has 2 aromatic rings. The zero-order valence-electron chi connectivity index (χ0n) is 10.7. The molecule has 94 valence electrons. The van der Waals surface area contributed by atoms with Gasteiger partial charge in [0.1, 0.15) is 0 Å². The number of nitrogens with zero attached hydrogens (tertiary/aromatic N) is 2. The molecule has 0 aliphatic heterocycles. The number of benzene rings is 1. The number of nitrogen functional groups attached to an aromatic ring is 1. The molecule has 1 aromatic heterocycles. The quantitative estimate of drug-likeness (QED) is 0.847. The number of aromatic nitrogens is 2. The normalized spacial score (nSPS) is 10.4. The maximum absolute atomic E-state index is 12.0. The SMILES string of the molecule is Cc1cccc(NC(=O)c2nn(C)cc2N)c1C. The zero-order valence-corrected chi connectivity index (χ0v) is 10.7. The van der Waals surface area contributed by atoms with Crippen LogP contribution in [0.4, 0.5) is 11.4 Å². The molecule has 2 rings (SSSR count). The van der Waals surface area contributed by atoms with Crippen LogP contribution in [0.15, 0.2) is 24.4 Å². The van der Waals surface area contributed by atoms with Crippen molar-refractivity contribution in [3.05, 3.63) is 41.2 Å². The second kappa shape index (κ2) is 4.52. The van der Waals surface area contributed by atoms with Crippen LogP contribution >= 0.6 is 0 Å². The summed E-state index contributed by atoms with van der Waals surface area (Å²) in [5, 5.41) is 6.86. The van der Waals surface area contributed by atoms with Crippen molar-refractivity contribution in [3.63, 3.8) is 0 Å². The van der Waals surface area contributed by atoms with Gasteiger partial charge in [-0.3, -0.25) is 9.48 Å². The first-order chi connectivity index (χ1) is 8.49. The number of rotatable bonds is 2. The smallest absolute Gasteiger partial charge is 0.278 e. The fourth-order valence-electron chi connectivity index (χ4n) is 1.75. The second-order valence-electron chi connectivity index (χ2n) is 4.31. The largest absolute Gasteiger partial charge is 0.396 e. The molecule has 5 nitrogen and oxygen atoms in total. The molecular weight excluding hydrogens is 228 g/mol. The maximum atomic E-state index is 12.0. The van der Waals surface area contributed by atoms with Crippen LogP contribution in [0.3, 0.4) is 0 Å². The molecule has 1 heterocycles.